The number of hydrogen-bond donors (Lipinski definition) is 0. The summed E-state index contributed by atoms with van der Waals surface area (Å²) < 4.78 is 6.47. The largest absolute Gasteiger partial charge is 0.462 e. The van der Waals surface area contributed by atoms with Crippen LogP contribution in [0.3, 0.4) is 0 Å². The van der Waals surface area contributed by atoms with Gasteiger partial charge in [0.1, 0.15) is 0 Å². The average molecular weight is 240 g/mol. The van der Waals surface area contributed by atoms with Crippen LogP contribution in [0.15, 0.2) is 12.4 Å². The number of halogens is 1. The number of hydrogen-bond acceptors (Lipinski definition) is 4. The van der Waals surface area contributed by atoms with Crippen molar-refractivity contribution in [3.05, 3.63) is 23.0 Å². The number of nitrogens with zero attached hydrogens (tertiary/aromatic N) is 3. The Morgan fingerprint density at radius 2 is 2.38 bits per heavy atom. The number of aromatic nitrogens is 3. The van der Waals surface area contributed by atoms with Gasteiger partial charge in [-0.05, 0) is 6.92 Å². The van der Waals surface area contributed by atoms with E-state index in [4.69, 9.17) is 16.3 Å². The highest BCUT2D eigenvalue weighted by Gasteiger charge is 2.16. The van der Waals surface area contributed by atoms with E-state index in [1.807, 2.05) is 0 Å². The predicted octanol–water partition coefficient (Wildman–Crippen LogP) is 1.80. The van der Waals surface area contributed by atoms with Crippen molar-refractivity contribution >= 4 is 28.6 Å². The summed E-state index contributed by atoms with van der Waals surface area (Å²) in [6.07, 6.45) is 3.10. The summed E-state index contributed by atoms with van der Waals surface area (Å²) in [5.41, 5.74) is 0.782. The zero-order valence-corrected chi connectivity index (χ0v) is 9.65. The van der Waals surface area contributed by atoms with Crippen LogP contribution in [-0.4, -0.2) is 27.3 Å². The van der Waals surface area contributed by atoms with E-state index < -0.39 is 5.97 Å². The van der Waals surface area contributed by atoms with Crippen molar-refractivity contribution < 1.29 is 9.53 Å². The molecule has 6 heteroatoms. The average Bonchev–Trinajstić information content (AvgIpc) is 2.60. The maximum absolute atomic E-state index is 11.5. The topological polar surface area (TPSA) is 57.0 Å². The molecule has 0 saturated heterocycles. The van der Waals surface area contributed by atoms with Crippen molar-refractivity contribution in [1.82, 2.24) is 14.8 Å². The van der Waals surface area contributed by atoms with E-state index in [9.17, 15) is 4.79 Å². The number of pyridine rings is 1. The molecule has 0 spiro atoms. The molecule has 2 aromatic rings. The lowest BCUT2D eigenvalue weighted by Gasteiger charge is -2.03. The first-order valence-electron chi connectivity index (χ1n) is 4.78. The molecule has 2 aromatic heterocycles. The molecule has 2 rings (SSSR count). The van der Waals surface area contributed by atoms with Crippen LogP contribution in [0.5, 0.6) is 0 Å². The highest BCUT2D eigenvalue weighted by atomic mass is 35.5. The molecule has 0 aliphatic carbocycles. The van der Waals surface area contributed by atoms with Gasteiger partial charge in [0.25, 0.3) is 0 Å². The maximum Gasteiger partial charge on any atom is 0.341 e. The SMILES string of the molecule is CCOC(=O)c1cnc2nn(C)cc2c1Cl. The molecular formula is C10H10ClN3O2. The highest BCUT2D eigenvalue weighted by molar-refractivity contribution is 6.38. The normalized spacial score (nSPS) is 10.7. The Kier molecular flexibility index (Phi) is 2.78. The van der Waals surface area contributed by atoms with Gasteiger partial charge >= 0.3 is 5.97 Å². The Morgan fingerprint density at radius 3 is 3.06 bits per heavy atom. The van der Waals surface area contributed by atoms with Gasteiger partial charge < -0.3 is 4.74 Å². The molecule has 0 aliphatic heterocycles. The summed E-state index contributed by atoms with van der Waals surface area (Å²) in [5.74, 6) is -0.467. The van der Waals surface area contributed by atoms with E-state index in [0.29, 0.717) is 22.7 Å². The monoisotopic (exact) mass is 239 g/mol. The number of aryl methyl sites for hydroxylation is 1. The lowest BCUT2D eigenvalue weighted by molar-refractivity contribution is 0.0526. The van der Waals surface area contributed by atoms with E-state index in [1.54, 1.807) is 24.9 Å². The van der Waals surface area contributed by atoms with Gasteiger partial charge in [0.05, 0.1) is 22.6 Å². The first-order chi connectivity index (χ1) is 7.63. The molecule has 0 amide bonds. The number of esters is 1. The fourth-order valence-corrected chi connectivity index (χ4v) is 1.66. The summed E-state index contributed by atoms with van der Waals surface area (Å²) in [5, 5.41) is 5.07. The molecule has 0 atom stereocenters. The Bertz CT molecular complexity index is 550. The molecule has 0 aromatic carbocycles. The lowest BCUT2D eigenvalue weighted by atomic mass is 10.2. The lowest BCUT2D eigenvalue weighted by Crippen LogP contribution is -2.06. The summed E-state index contributed by atoms with van der Waals surface area (Å²) in [6, 6.07) is 0. The summed E-state index contributed by atoms with van der Waals surface area (Å²) in [6.45, 7) is 2.04. The van der Waals surface area contributed by atoms with Crippen molar-refractivity contribution in [2.24, 2.45) is 7.05 Å². The quantitative estimate of drug-likeness (QED) is 0.750. The first-order valence-corrected chi connectivity index (χ1v) is 5.16. The van der Waals surface area contributed by atoms with E-state index >= 15 is 0 Å². The third-order valence-corrected chi connectivity index (χ3v) is 2.50. The zero-order chi connectivity index (χ0) is 11.7. The number of fused-ring (bicyclic) bond motifs is 1. The van der Waals surface area contributed by atoms with Crippen molar-refractivity contribution in [2.45, 2.75) is 6.92 Å². The van der Waals surface area contributed by atoms with Crippen molar-refractivity contribution in [3.8, 4) is 0 Å². The highest BCUT2D eigenvalue weighted by Crippen LogP contribution is 2.25. The molecule has 84 valence electrons. The second-order valence-electron chi connectivity index (χ2n) is 3.25. The van der Waals surface area contributed by atoms with Gasteiger partial charge in [-0.2, -0.15) is 5.10 Å². The number of carbonyl (C=O) groups is 1. The second kappa shape index (κ2) is 4.09. The maximum atomic E-state index is 11.5. The molecule has 5 nitrogen and oxygen atoms in total. The molecule has 0 bridgehead atoms. The minimum atomic E-state index is -0.467. The van der Waals surface area contributed by atoms with Crippen LogP contribution in [0.25, 0.3) is 11.0 Å². The van der Waals surface area contributed by atoms with Crippen LogP contribution in [0.2, 0.25) is 5.02 Å². The van der Waals surface area contributed by atoms with Gasteiger partial charge in [-0.15, -0.1) is 0 Å². The Hall–Kier alpha value is -1.62. The number of carbonyl (C=O) groups excluding carboxylic acids is 1. The van der Waals surface area contributed by atoms with Crippen LogP contribution >= 0.6 is 11.6 Å². The van der Waals surface area contributed by atoms with E-state index in [1.165, 1.54) is 6.20 Å². The van der Waals surface area contributed by atoms with E-state index in [0.717, 1.165) is 0 Å². The molecule has 0 aliphatic rings. The molecule has 0 N–H and O–H groups in total. The van der Waals surface area contributed by atoms with Gasteiger partial charge in [0.15, 0.2) is 5.65 Å². The minimum Gasteiger partial charge on any atom is -0.462 e. The molecule has 0 saturated carbocycles. The van der Waals surface area contributed by atoms with Gasteiger partial charge in [-0.1, -0.05) is 11.6 Å². The van der Waals surface area contributed by atoms with Gasteiger partial charge in [-0.25, -0.2) is 9.78 Å². The van der Waals surface area contributed by atoms with Gasteiger partial charge in [0.2, 0.25) is 0 Å². The third-order valence-electron chi connectivity index (χ3n) is 2.09. The predicted molar refractivity (Wildman–Crippen MR) is 59.5 cm³/mol. The van der Waals surface area contributed by atoms with Crippen LogP contribution in [0.1, 0.15) is 17.3 Å². The molecular weight excluding hydrogens is 230 g/mol. The summed E-state index contributed by atoms with van der Waals surface area (Å²) in [4.78, 5) is 15.6. The molecule has 0 radical (unpaired) electrons. The Balaban J connectivity index is 2.55. The van der Waals surface area contributed by atoms with Crippen molar-refractivity contribution in [3.63, 3.8) is 0 Å². The van der Waals surface area contributed by atoms with Crippen LogP contribution in [0, 0.1) is 0 Å². The summed E-state index contributed by atoms with van der Waals surface area (Å²) in [7, 11) is 1.77. The third kappa shape index (κ3) is 1.74. The van der Waals surface area contributed by atoms with Gasteiger partial charge in [-0.3, -0.25) is 4.68 Å². The molecule has 0 unspecified atom stereocenters. The number of rotatable bonds is 2. The molecule has 0 fully saturated rings. The smallest absolute Gasteiger partial charge is 0.341 e. The standard InChI is InChI=1S/C10H10ClN3O2/c1-3-16-10(15)6-4-12-9-7(8(6)11)5-14(2)13-9/h4-5H,3H2,1-2H3. The number of ether oxygens (including phenoxy) is 1. The molecule has 16 heavy (non-hydrogen) atoms. The van der Waals surface area contributed by atoms with Gasteiger partial charge in [0, 0.05) is 19.4 Å². The fraction of sp³-hybridized carbons (Fsp3) is 0.300. The Morgan fingerprint density at radius 1 is 1.62 bits per heavy atom. The molecule has 2 heterocycles. The van der Waals surface area contributed by atoms with E-state index in [2.05, 4.69) is 10.1 Å². The van der Waals surface area contributed by atoms with Crippen molar-refractivity contribution in [2.75, 3.05) is 6.61 Å². The van der Waals surface area contributed by atoms with Crippen LogP contribution < -0.4 is 0 Å². The fourth-order valence-electron chi connectivity index (χ4n) is 1.41. The minimum absolute atomic E-state index is 0.268. The summed E-state index contributed by atoms with van der Waals surface area (Å²) >= 11 is 6.09. The Labute approximate surface area is 97.0 Å². The van der Waals surface area contributed by atoms with Crippen LogP contribution in [-0.2, 0) is 11.8 Å². The van der Waals surface area contributed by atoms with E-state index in [-0.39, 0.29) is 5.56 Å². The zero-order valence-electron chi connectivity index (χ0n) is 8.90. The first kappa shape index (κ1) is 10.9. The van der Waals surface area contributed by atoms with Crippen LogP contribution in [0.4, 0.5) is 0 Å². The van der Waals surface area contributed by atoms with Crippen molar-refractivity contribution in [1.29, 1.82) is 0 Å². The second-order valence-corrected chi connectivity index (χ2v) is 3.62.